The molecule has 4 nitrogen and oxygen atoms in total. The lowest BCUT2D eigenvalue weighted by atomic mass is 10.1. The summed E-state index contributed by atoms with van der Waals surface area (Å²) in [5.41, 5.74) is 0.565. The molecule has 0 bridgehead atoms. The fourth-order valence-corrected chi connectivity index (χ4v) is 1.73. The maximum atomic E-state index is 12.2. The summed E-state index contributed by atoms with van der Waals surface area (Å²) in [6, 6.07) is 5.44. The van der Waals surface area contributed by atoms with E-state index >= 15 is 0 Å². The zero-order valence-corrected chi connectivity index (χ0v) is 12.0. The highest BCUT2D eigenvalue weighted by atomic mass is 16.5. The third kappa shape index (κ3) is 3.63. The third-order valence-corrected chi connectivity index (χ3v) is 2.78. The molecule has 0 spiro atoms. The van der Waals surface area contributed by atoms with Crippen molar-refractivity contribution >= 4 is 5.91 Å². The highest BCUT2D eigenvalue weighted by molar-refractivity contribution is 5.97. The van der Waals surface area contributed by atoms with Crippen LogP contribution in [-0.4, -0.2) is 37.1 Å². The van der Waals surface area contributed by atoms with Crippen LogP contribution in [0.4, 0.5) is 0 Å². The van der Waals surface area contributed by atoms with Gasteiger partial charge in [0.2, 0.25) is 0 Å². The Kier molecular flexibility index (Phi) is 3.98. The first-order valence-corrected chi connectivity index (χ1v) is 6.66. The molecule has 1 aromatic rings. The molecule has 1 fully saturated rings. The molecule has 0 radical (unpaired) electrons. The number of nitrogens with zero attached hydrogens (tertiary/aromatic N) is 1. The molecule has 19 heavy (non-hydrogen) atoms. The number of carbonyl (C=O) groups excluding carboxylic acids is 1. The molecule has 0 saturated heterocycles. The molecular formula is C15H21NO3. The first-order valence-electron chi connectivity index (χ1n) is 6.66. The normalized spacial score (nSPS) is 14.4. The van der Waals surface area contributed by atoms with Crippen molar-refractivity contribution in [3.05, 3.63) is 23.8 Å². The molecular weight excluding hydrogens is 242 g/mol. The standard InChI is InChI=1S/C15H21NO3/c1-10(2)18-12-7-8-14(19-11-5-6-11)13(9-12)15(17)16(3)4/h7-11H,5-6H2,1-4H3. The summed E-state index contributed by atoms with van der Waals surface area (Å²) in [6.45, 7) is 3.92. The molecule has 1 aliphatic carbocycles. The highest BCUT2D eigenvalue weighted by Crippen LogP contribution is 2.32. The average Bonchev–Trinajstić information content (AvgIpc) is 3.13. The van der Waals surface area contributed by atoms with Gasteiger partial charge in [-0.25, -0.2) is 0 Å². The van der Waals surface area contributed by atoms with E-state index in [9.17, 15) is 4.79 Å². The average molecular weight is 263 g/mol. The molecule has 0 aliphatic heterocycles. The molecule has 2 rings (SSSR count). The van der Waals surface area contributed by atoms with E-state index in [1.165, 1.54) is 0 Å². The van der Waals surface area contributed by atoms with Crippen LogP contribution >= 0.6 is 0 Å². The van der Waals surface area contributed by atoms with Crippen molar-refractivity contribution in [3.8, 4) is 11.5 Å². The number of rotatable bonds is 5. The minimum Gasteiger partial charge on any atom is -0.491 e. The van der Waals surface area contributed by atoms with Gasteiger partial charge in [-0.15, -0.1) is 0 Å². The van der Waals surface area contributed by atoms with Crippen molar-refractivity contribution in [2.45, 2.75) is 38.9 Å². The summed E-state index contributed by atoms with van der Waals surface area (Å²) in [7, 11) is 3.47. The van der Waals surface area contributed by atoms with Gasteiger partial charge in [-0.1, -0.05) is 0 Å². The Morgan fingerprint density at radius 2 is 2.00 bits per heavy atom. The Balaban J connectivity index is 2.28. The van der Waals surface area contributed by atoms with E-state index in [4.69, 9.17) is 9.47 Å². The second-order valence-electron chi connectivity index (χ2n) is 5.34. The zero-order valence-electron chi connectivity index (χ0n) is 12.0. The fraction of sp³-hybridized carbons (Fsp3) is 0.533. The van der Waals surface area contributed by atoms with Crippen molar-refractivity contribution in [2.24, 2.45) is 0 Å². The molecule has 0 atom stereocenters. The van der Waals surface area contributed by atoms with Crippen LogP contribution in [0.25, 0.3) is 0 Å². The van der Waals surface area contributed by atoms with E-state index < -0.39 is 0 Å². The molecule has 0 unspecified atom stereocenters. The van der Waals surface area contributed by atoms with Crippen LogP contribution < -0.4 is 9.47 Å². The number of ether oxygens (including phenoxy) is 2. The van der Waals surface area contributed by atoms with Crippen LogP contribution in [0.1, 0.15) is 37.0 Å². The summed E-state index contributed by atoms with van der Waals surface area (Å²) in [6.07, 6.45) is 2.49. The van der Waals surface area contributed by atoms with E-state index in [0.29, 0.717) is 17.1 Å². The van der Waals surface area contributed by atoms with E-state index in [1.54, 1.807) is 25.1 Å². The summed E-state index contributed by atoms with van der Waals surface area (Å²) in [4.78, 5) is 13.7. The van der Waals surface area contributed by atoms with Crippen molar-refractivity contribution in [2.75, 3.05) is 14.1 Å². The molecule has 104 valence electrons. The van der Waals surface area contributed by atoms with E-state index in [2.05, 4.69) is 0 Å². The minimum absolute atomic E-state index is 0.0649. The quantitative estimate of drug-likeness (QED) is 0.820. The van der Waals surface area contributed by atoms with Gasteiger partial charge in [0.05, 0.1) is 17.8 Å². The van der Waals surface area contributed by atoms with Crippen molar-refractivity contribution < 1.29 is 14.3 Å². The van der Waals surface area contributed by atoms with Gasteiger partial charge in [0, 0.05) is 14.1 Å². The van der Waals surface area contributed by atoms with Crippen LogP contribution in [0.3, 0.4) is 0 Å². The predicted octanol–water partition coefficient (Wildman–Crippen LogP) is 2.72. The monoisotopic (exact) mass is 263 g/mol. The van der Waals surface area contributed by atoms with E-state index in [-0.39, 0.29) is 18.1 Å². The van der Waals surface area contributed by atoms with Gasteiger partial charge in [-0.3, -0.25) is 4.79 Å². The Bertz CT molecular complexity index is 464. The summed E-state index contributed by atoms with van der Waals surface area (Å²) < 4.78 is 11.4. The van der Waals surface area contributed by atoms with Gasteiger partial charge in [-0.05, 0) is 44.9 Å². The first-order chi connectivity index (χ1) is 8.97. The maximum absolute atomic E-state index is 12.2. The highest BCUT2D eigenvalue weighted by Gasteiger charge is 2.26. The maximum Gasteiger partial charge on any atom is 0.257 e. The molecule has 1 aromatic carbocycles. The topological polar surface area (TPSA) is 38.8 Å². The lowest BCUT2D eigenvalue weighted by molar-refractivity contribution is 0.0822. The van der Waals surface area contributed by atoms with Crippen LogP contribution in [0.15, 0.2) is 18.2 Å². The van der Waals surface area contributed by atoms with Crippen LogP contribution in [0, 0.1) is 0 Å². The Labute approximate surface area is 114 Å². The smallest absolute Gasteiger partial charge is 0.257 e. The van der Waals surface area contributed by atoms with Crippen LogP contribution in [0.2, 0.25) is 0 Å². The third-order valence-electron chi connectivity index (χ3n) is 2.78. The summed E-state index contributed by atoms with van der Waals surface area (Å²) in [5, 5.41) is 0. The van der Waals surface area contributed by atoms with Crippen molar-refractivity contribution in [1.29, 1.82) is 0 Å². The lowest BCUT2D eigenvalue weighted by Crippen LogP contribution is -2.22. The SMILES string of the molecule is CC(C)Oc1ccc(OC2CC2)c(C(=O)N(C)C)c1. The molecule has 1 amide bonds. The van der Waals surface area contributed by atoms with Gasteiger partial charge >= 0.3 is 0 Å². The number of benzene rings is 1. The van der Waals surface area contributed by atoms with Crippen LogP contribution in [0.5, 0.6) is 11.5 Å². The van der Waals surface area contributed by atoms with E-state index in [1.807, 2.05) is 26.0 Å². The Hall–Kier alpha value is -1.71. The number of amides is 1. The van der Waals surface area contributed by atoms with Gasteiger partial charge in [-0.2, -0.15) is 0 Å². The molecule has 4 heteroatoms. The number of hydrogen-bond acceptors (Lipinski definition) is 3. The van der Waals surface area contributed by atoms with Crippen molar-refractivity contribution in [3.63, 3.8) is 0 Å². The van der Waals surface area contributed by atoms with Crippen molar-refractivity contribution in [1.82, 2.24) is 4.90 Å². The Morgan fingerprint density at radius 1 is 1.32 bits per heavy atom. The van der Waals surface area contributed by atoms with Gasteiger partial charge in [0.25, 0.3) is 5.91 Å². The lowest BCUT2D eigenvalue weighted by Gasteiger charge is -2.17. The molecule has 0 N–H and O–H groups in total. The minimum atomic E-state index is -0.0649. The molecule has 0 heterocycles. The molecule has 1 aliphatic rings. The predicted molar refractivity (Wildman–Crippen MR) is 73.9 cm³/mol. The molecule has 0 aromatic heterocycles. The summed E-state index contributed by atoms with van der Waals surface area (Å²) in [5.74, 6) is 1.28. The Morgan fingerprint density at radius 3 is 2.53 bits per heavy atom. The summed E-state index contributed by atoms with van der Waals surface area (Å²) >= 11 is 0. The van der Waals surface area contributed by atoms with Gasteiger partial charge in [0.15, 0.2) is 0 Å². The number of hydrogen-bond donors (Lipinski definition) is 0. The molecule has 1 saturated carbocycles. The van der Waals surface area contributed by atoms with E-state index in [0.717, 1.165) is 12.8 Å². The zero-order chi connectivity index (χ0) is 14.0. The van der Waals surface area contributed by atoms with Gasteiger partial charge in [0.1, 0.15) is 11.5 Å². The first kappa shape index (κ1) is 13.7. The largest absolute Gasteiger partial charge is 0.491 e. The van der Waals surface area contributed by atoms with Gasteiger partial charge < -0.3 is 14.4 Å². The fourth-order valence-electron chi connectivity index (χ4n) is 1.73. The second kappa shape index (κ2) is 5.51. The number of carbonyl (C=O) groups is 1. The van der Waals surface area contributed by atoms with Crippen LogP contribution in [-0.2, 0) is 0 Å². The second-order valence-corrected chi connectivity index (χ2v) is 5.34.